The Morgan fingerprint density at radius 3 is 2.71 bits per heavy atom. The number of nitrogens with zero attached hydrogens (tertiary/aromatic N) is 2. The lowest BCUT2D eigenvalue weighted by Crippen LogP contribution is -2.45. The lowest BCUT2D eigenvalue weighted by atomic mass is 10.1. The van der Waals surface area contributed by atoms with Crippen LogP contribution in [0.25, 0.3) is 0 Å². The SMILES string of the molecule is CNCC1CCN(C(C)C(=O)N2CCCC2)C1. The maximum atomic E-state index is 12.3. The number of likely N-dealkylation sites (tertiary alicyclic amines) is 2. The molecule has 0 aromatic carbocycles. The standard InChI is InChI=1S/C13H25N3O/c1-11(13(17)15-6-3-4-7-15)16-8-5-12(10-16)9-14-2/h11-12,14H,3-10H2,1-2H3. The summed E-state index contributed by atoms with van der Waals surface area (Å²) in [5, 5.41) is 3.23. The molecule has 17 heavy (non-hydrogen) atoms. The Bertz CT molecular complexity index is 263. The number of carbonyl (C=O) groups excluding carboxylic acids is 1. The van der Waals surface area contributed by atoms with Crippen molar-refractivity contribution in [1.82, 2.24) is 15.1 Å². The van der Waals surface area contributed by atoms with Gasteiger partial charge in [0.25, 0.3) is 0 Å². The van der Waals surface area contributed by atoms with Gasteiger partial charge < -0.3 is 10.2 Å². The largest absolute Gasteiger partial charge is 0.341 e. The molecule has 2 unspecified atom stereocenters. The molecular weight excluding hydrogens is 214 g/mol. The van der Waals surface area contributed by atoms with Crippen molar-refractivity contribution in [1.29, 1.82) is 0 Å². The fourth-order valence-electron chi connectivity index (χ4n) is 3.03. The van der Waals surface area contributed by atoms with Crippen molar-refractivity contribution < 1.29 is 4.79 Å². The fourth-order valence-corrected chi connectivity index (χ4v) is 3.03. The zero-order valence-electron chi connectivity index (χ0n) is 11.1. The molecule has 2 saturated heterocycles. The van der Waals surface area contributed by atoms with Crippen LogP contribution in [0.3, 0.4) is 0 Å². The summed E-state index contributed by atoms with van der Waals surface area (Å²) in [6.45, 7) is 7.23. The van der Waals surface area contributed by atoms with Gasteiger partial charge in [0, 0.05) is 19.6 Å². The summed E-state index contributed by atoms with van der Waals surface area (Å²) in [6, 6.07) is 0.0787. The van der Waals surface area contributed by atoms with Gasteiger partial charge in [-0.15, -0.1) is 0 Å². The second kappa shape index (κ2) is 5.83. The summed E-state index contributed by atoms with van der Waals surface area (Å²) in [4.78, 5) is 16.7. The molecule has 2 heterocycles. The Balaban J connectivity index is 1.83. The highest BCUT2D eigenvalue weighted by molar-refractivity contribution is 5.81. The van der Waals surface area contributed by atoms with E-state index >= 15 is 0 Å². The van der Waals surface area contributed by atoms with E-state index in [9.17, 15) is 4.79 Å². The van der Waals surface area contributed by atoms with E-state index in [-0.39, 0.29) is 6.04 Å². The van der Waals surface area contributed by atoms with E-state index in [2.05, 4.69) is 17.1 Å². The predicted molar refractivity (Wildman–Crippen MR) is 68.9 cm³/mol. The van der Waals surface area contributed by atoms with Crippen LogP contribution < -0.4 is 5.32 Å². The van der Waals surface area contributed by atoms with Gasteiger partial charge in [0.1, 0.15) is 0 Å². The number of carbonyl (C=O) groups is 1. The quantitative estimate of drug-likeness (QED) is 0.778. The normalized spacial score (nSPS) is 27.6. The molecule has 4 heteroatoms. The summed E-state index contributed by atoms with van der Waals surface area (Å²) >= 11 is 0. The van der Waals surface area contributed by atoms with Crippen molar-refractivity contribution >= 4 is 5.91 Å². The van der Waals surface area contributed by atoms with E-state index < -0.39 is 0 Å². The van der Waals surface area contributed by atoms with E-state index in [0.717, 1.165) is 32.7 Å². The molecule has 2 rings (SSSR count). The van der Waals surface area contributed by atoms with Gasteiger partial charge in [-0.1, -0.05) is 0 Å². The van der Waals surface area contributed by atoms with E-state index in [1.165, 1.54) is 19.3 Å². The second-order valence-corrected chi connectivity index (χ2v) is 5.42. The smallest absolute Gasteiger partial charge is 0.239 e. The molecule has 98 valence electrons. The van der Waals surface area contributed by atoms with Crippen LogP contribution in [0.4, 0.5) is 0 Å². The highest BCUT2D eigenvalue weighted by atomic mass is 16.2. The topological polar surface area (TPSA) is 35.6 Å². The minimum Gasteiger partial charge on any atom is -0.341 e. The molecule has 1 N–H and O–H groups in total. The Kier molecular flexibility index (Phi) is 4.40. The van der Waals surface area contributed by atoms with Crippen molar-refractivity contribution in [3.63, 3.8) is 0 Å². The molecular formula is C13H25N3O. The van der Waals surface area contributed by atoms with Gasteiger partial charge in [0.05, 0.1) is 6.04 Å². The lowest BCUT2D eigenvalue weighted by Gasteiger charge is -2.27. The third kappa shape index (κ3) is 2.99. The van der Waals surface area contributed by atoms with Crippen LogP contribution in [0.15, 0.2) is 0 Å². The summed E-state index contributed by atoms with van der Waals surface area (Å²) < 4.78 is 0. The summed E-state index contributed by atoms with van der Waals surface area (Å²) in [6.07, 6.45) is 3.58. The average molecular weight is 239 g/mol. The predicted octanol–water partition coefficient (Wildman–Crippen LogP) is 0.539. The molecule has 2 fully saturated rings. The number of nitrogens with one attached hydrogen (secondary N) is 1. The first-order valence-electron chi connectivity index (χ1n) is 6.90. The van der Waals surface area contributed by atoms with Crippen LogP contribution in [0.5, 0.6) is 0 Å². The maximum Gasteiger partial charge on any atom is 0.239 e. The third-order valence-electron chi connectivity index (χ3n) is 4.13. The van der Waals surface area contributed by atoms with Crippen molar-refractivity contribution in [2.24, 2.45) is 5.92 Å². The number of hydrogen-bond acceptors (Lipinski definition) is 3. The Hall–Kier alpha value is -0.610. The number of rotatable bonds is 4. The molecule has 0 spiro atoms. The van der Waals surface area contributed by atoms with Crippen LogP contribution in [0, 0.1) is 5.92 Å². The Morgan fingerprint density at radius 2 is 2.06 bits per heavy atom. The third-order valence-corrected chi connectivity index (χ3v) is 4.13. The van der Waals surface area contributed by atoms with Crippen molar-refractivity contribution in [3.8, 4) is 0 Å². The number of hydrogen-bond donors (Lipinski definition) is 1. The van der Waals surface area contributed by atoms with E-state index in [1.54, 1.807) is 0 Å². The van der Waals surface area contributed by atoms with Gasteiger partial charge in [-0.3, -0.25) is 9.69 Å². The highest BCUT2D eigenvalue weighted by Gasteiger charge is 2.32. The van der Waals surface area contributed by atoms with Crippen LogP contribution in [0.1, 0.15) is 26.2 Å². The molecule has 4 nitrogen and oxygen atoms in total. The molecule has 2 aliphatic rings. The monoisotopic (exact) mass is 239 g/mol. The molecule has 0 saturated carbocycles. The first kappa shape index (κ1) is 12.8. The van der Waals surface area contributed by atoms with Crippen LogP contribution in [-0.2, 0) is 4.79 Å². The zero-order valence-corrected chi connectivity index (χ0v) is 11.1. The Morgan fingerprint density at radius 1 is 1.35 bits per heavy atom. The van der Waals surface area contributed by atoms with Gasteiger partial charge in [0.15, 0.2) is 0 Å². The maximum absolute atomic E-state index is 12.3. The van der Waals surface area contributed by atoms with Crippen molar-refractivity contribution in [2.45, 2.75) is 32.2 Å². The van der Waals surface area contributed by atoms with Crippen molar-refractivity contribution in [2.75, 3.05) is 39.8 Å². The van der Waals surface area contributed by atoms with Gasteiger partial charge in [-0.25, -0.2) is 0 Å². The summed E-state index contributed by atoms with van der Waals surface area (Å²) in [5.41, 5.74) is 0. The zero-order chi connectivity index (χ0) is 12.3. The molecule has 0 radical (unpaired) electrons. The Labute approximate surface area is 104 Å². The van der Waals surface area contributed by atoms with E-state index in [0.29, 0.717) is 11.8 Å². The minimum atomic E-state index is 0.0787. The summed E-state index contributed by atoms with van der Waals surface area (Å²) in [7, 11) is 2.00. The molecule has 2 atom stereocenters. The molecule has 0 aromatic heterocycles. The molecule has 1 amide bonds. The molecule has 0 aromatic rings. The van der Waals surface area contributed by atoms with E-state index in [4.69, 9.17) is 0 Å². The fraction of sp³-hybridized carbons (Fsp3) is 0.923. The van der Waals surface area contributed by atoms with Crippen molar-refractivity contribution in [3.05, 3.63) is 0 Å². The van der Waals surface area contributed by atoms with Crippen LogP contribution >= 0.6 is 0 Å². The van der Waals surface area contributed by atoms with E-state index in [1.807, 2.05) is 11.9 Å². The first-order valence-corrected chi connectivity index (χ1v) is 6.90. The second-order valence-electron chi connectivity index (χ2n) is 5.42. The van der Waals surface area contributed by atoms with Crippen LogP contribution in [-0.4, -0.2) is 61.5 Å². The van der Waals surface area contributed by atoms with Gasteiger partial charge in [-0.2, -0.15) is 0 Å². The molecule has 0 aliphatic carbocycles. The average Bonchev–Trinajstić information content (AvgIpc) is 2.98. The lowest BCUT2D eigenvalue weighted by molar-refractivity contribution is -0.135. The minimum absolute atomic E-state index is 0.0787. The number of amides is 1. The molecule has 0 bridgehead atoms. The molecule has 2 aliphatic heterocycles. The van der Waals surface area contributed by atoms with Gasteiger partial charge >= 0.3 is 0 Å². The summed E-state index contributed by atoms with van der Waals surface area (Å²) in [5.74, 6) is 1.06. The van der Waals surface area contributed by atoms with Crippen LogP contribution in [0.2, 0.25) is 0 Å². The van der Waals surface area contributed by atoms with Gasteiger partial charge in [-0.05, 0) is 52.2 Å². The highest BCUT2D eigenvalue weighted by Crippen LogP contribution is 2.20. The van der Waals surface area contributed by atoms with Gasteiger partial charge in [0.2, 0.25) is 5.91 Å². The first-order chi connectivity index (χ1) is 8.22.